The van der Waals surface area contributed by atoms with E-state index in [4.69, 9.17) is 10.5 Å². The number of amides is 1. The van der Waals surface area contributed by atoms with Gasteiger partial charge >= 0.3 is 0 Å². The molecule has 2 heterocycles. The van der Waals surface area contributed by atoms with Crippen molar-refractivity contribution >= 4 is 17.3 Å². The molecule has 104 valence electrons. The number of benzene rings is 1. The second kappa shape index (κ2) is 4.56. The summed E-state index contributed by atoms with van der Waals surface area (Å²) in [6.07, 6.45) is 0.379. The highest BCUT2D eigenvalue weighted by Crippen LogP contribution is 2.36. The molecule has 1 aliphatic rings. The maximum Gasteiger partial charge on any atom is 0.230 e. The van der Waals surface area contributed by atoms with Crippen molar-refractivity contribution in [3.8, 4) is 17.0 Å². The Bertz CT molecular complexity index is 678. The van der Waals surface area contributed by atoms with E-state index in [1.54, 1.807) is 11.9 Å². The van der Waals surface area contributed by atoms with Crippen LogP contribution in [-0.2, 0) is 4.79 Å². The molecular formula is C14H16N4O2. The van der Waals surface area contributed by atoms with E-state index in [0.717, 1.165) is 16.9 Å². The number of hydrogen-bond acceptors (Lipinski definition) is 4. The van der Waals surface area contributed by atoms with E-state index >= 15 is 0 Å². The van der Waals surface area contributed by atoms with Crippen LogP contribution in [0.4, 0.5) is 11.4 Å². The van der Waals surface area contributed by atoms with Gasteiger partial charge in [-0.2, -0.15) is 5.10 Å². The standard InChI is InChI=1S/C14H16N4O2/c1-8-13(15)14(17-16-8)9-3-4-11-10(7-9)18(2)12(19)5-6-20-11/h3-4,7H,5-6,15H2,1-2H3,(H,16,17). The number of H-pyrrole nitrogens is 1. The van der Waals surface area contributed by atoms with E-state index in [1.807, 2.05) is 25.1 Å². The minimum absolute atomic E-state index is 0.0343. The number of fused-ring (bicyclic) bond motifs is 1. The average Bonchev–Trinajstić information content (AvgIpc) is 2.70. The second-order valence-corrected chi connectivity index (χ2v) is 4.84. The van der Waals surface area contributed by atoms with Crippen LogP contribution in [0.25, 0.3) is 11.3 Å². The Labute approximate surface area is 116 Å². The van der Waals surface area contributed by atoms with Gasteiger partial charge in [-0.3, -0.25) is 9.89 Å². The molecular weight excluding hydrogens is 256 g/mol. The van der Waals surface area contributed by atoms with E-state index in [2.05, 4.69) is 10.2 Å². The molecule has 1 aromatic carbocycles. The molecule has 0 aliphatic carbocycles. The first-order valence-electron chi connectivity index (χ1n) is 6.42. The van der Waals surface area contributed by atoms with Gasteiger partial charge in [-0.25, -0.2) is 0 Å². The van der Waals surface area contributed by atoms with Crippen molar-refractivity contribution in [2.24, 2.45) is 0 Å². The molecule has 0 saturated carbocycles. The molecule has 0 bridgehead atoms. The van der Waals surface area contributed by atoms with Crippen LogP contribution in [0.3, 0.4) is 0 Å². The number of nitrogens with two attached hydrogens (primary N) is 1. The third-order valence-electron chi connectivity index (χ3n) is 3.54. The van der Waals surface area contributed by atoms with Crippen LogP contribution >= 0.6 is 0 Å². The Morgan fingerprint density at radius 1 is 1.45 bits per heavy atom. The zero-order chi connectivity index (χ0) is 14.3. The number of hydrogen-bond donors (Lipinski definition) is 2. The highest BCUT2D eigenvalue weighted by Gasteiger charge is 2.21. The van der Waals surface area contributed by atoms with Gasteiger partial charge in [-0.15, -0.1) is 0 Å². The molecule has 0 fully saturated rings. The van der Waals surface area contributed by atoms with Gasteiger partial charge in [0.1, 0.15) is 11.4 Å². The van der Waals surface area contributed by atoms with Gasteiger partial charge < -0.3 is 15.4 Å². The number of rotatable bonds is 1. The molecule has 6 heteroatoms. The number of ether oxygens (including phenoxy) is 1. The monoisotopic (exact) mass is 272 g/mol. The van der Waals surface area contributed by atoms with Crippen LogP contribution < -0.4 is 15.4 Å². The van der Waals surface area contributed by atoms with Gasteiger partial charge in [-0.05, 0) is 25.1 Å². The van der Waals surface area contributed by atoms with Gasteiger partial charge in [0.25, 0.3) is 0 Å². The van der Waals surface area contributed by atoms with Crippen LogP contribution in [-0.4, -0.2) is 29.8 Å². The lowest BCUT2D eigenvalue weighted by Gasteiger charge is -2.17. The lowest BCUT2D eigenvalue weighted by atomic mass is 10.1. The number of aryl methyl sites for hydroxylation is 1. The summed E-state index contributed by atoms with van der Waals surface area (Å²) in [4.78, 5) is 13.5. The smallest absolute Gasteiger partial charge is 0.230 e. The summed E-state index contributed by atoms with van der Waals surface area (Å²) in [5.74, 6) is 0.736. The molecule has 0 atom stereocenters. The number of carbonyl (C=O) groups is 1. The predicted octanol–water partition coefficient (Wildman–Crippen LogP) is 1.71. The minimum Gasteiger partial charge on any atom is -0.491 e. The first-order valence-corrected chi connectivity index (χ1v) is 6.42. The summed E-state index contributed by atoms with van der Waals surface area (Å²) >= 11 is 0. The SMILES string of the molecule is Cc1[nH]nc(-c2ccc3c(c2)N(C)C(=O)CCO3)c1N. The lowest BCUT2D eigenvalue weighted by molar-refractivity contribution is -0.118. The molecule has 1 aromatic heterocycles. The Morgan fingerprint density at radius 3 is 2.95 bits per heavy atom. The fourth-order valence-corrected chi connectivity index (χ4v) is 2.26. The first kappa shape index (κ1) is 12.5. The zero-order valence-corrected chi connectivity index (χ0v) is 11.4. The molecule has 3 rings (SSSR count). The molecule has 0 spiro atoms. The Hall–Kier alpha value is -2.50. The molecule has 0 radical (unpaired) electrons. The van der Waals surface area contributed by atoms with E-state index in [9.17, 15) is 4.79 Å². The molecule has 0 unspecified atom stereocenters. The number of carbonyl (C=O) groups excluding carboxylic acids is 1. The number of aromatic nitrogens is 2. The van der Waals surface area contributed by atoms with E-state index < -0.39 is 0 Å². The van der Waals surface area contributed by atoms with Crippen molar-refractivity contribution in [1.82, 2.24) is 10.2 Å². The molecule has 6 nitrogen and oxygen atoms in total. The summed E-state index contributed by atoms with van der Waals surface area (Å²) < 4.78 is 5.59. The van der Waals surface area contributed by atoms with Gasteiger partial charge in [0.05, 0.1) is 30.1 Å². The molecule has 3 N–H and O–H groups in total. The fourth-order valence-electron chi connectivity index (χ4n) is 2.26. The van der Waals surface area contributed by atoms with E-state index in [1.165, 1.54) is 0 Å². The van der Waals surface area contributed by atoms with Gasteiger partial charge in [0.15, 0.2) is 0 Å². The molecule has 1 aliphatic heterocycles. The van der Waals surface area contributed by atoms with Crippen LogP contribution in [0.1, 0.15) is 12.1 Å². The Morgan fingerprint density at radius 2 is 2.25 bits per heavy atom. The van der Waals surface area contributed by atoms with Gasteiger partial charge in [0, 0.05) is 12.6 Å². The molecule has 0 saturated heterocycles. The average molecular weight is 272 g/mol. The third kappa shape index (κ3) is 1.89. The largest absolute Gasteiger partial charge is 0.491 e. The maximum absolute atomic E-state index is 11.9. The van der Waals surface area contributed by atoms with E-state index in [0.29, 0.717) is 30.2 Å². The van der Waals surface area contributed by atoms with Crippen LogP contribution in [0.2, 0.25) is 0 Å². The number of anilines is 2. The van der Waals surface area contributed by atoms with Crippen LogP contribution in [0.5, 0.6) is 5.75 Å². The normalized spacial score (nSPS) is 14.7. The van der Waals surface area contributed by atoms with Gasteiger partial charge in [-0.1, -0.05) is 0 Å². The summed E-state index contributed by atoms with van der Waals surface area (Å²) in [5, 5.41) is 7.07. The van der Waals surface area contributed by atoms with Crippen molar-refractivity contribution in [3.63, 3.8) is 0 Å². The minimum atomic E-state index is 0.0343. The van der Waals surface area contributed by atoms with E-state index in [-0.39, 0.29) is 5.91 Å². The maximum atomic E-state index is 11.9. The Kier molecular flexibility index (Phi) is 2.85. The highest BCUT2D eigenvalue weighted by atomic mass is 16.5. The van der Waals surface area contributed by atoms with Crippen molar-refractivity contribution in [2.45, 2.75) is 13.3 Å². The quantitative estimate of drug-likeness (QED) is 0.827. The Balaban J connectivity index is 2.10. The highest BCUT2D eigenvalue weighted by molar-refractivity contribution is 5.96. The van der Waals surface area contributed by atoms with Crippen molar-refractivity contribution in [1.29, 1.82) is 0 Å². The van der Waals surface area contributed by atoms with Crippen molar-refractivity contribution < 1.29 is 9.53 Å². The summed E-state index contributed by atoms with van der Waals surface area (Å²) in [6.45, 7) is 2.27. The van der Waals surface area contributed by atoms with Crippen molar-refractivity contribution in [3.05, 3.63) is 23.9 Å². The number of nitrogens with one attached hydrogen (secondary N) is 1. The summed E-state index contributed by atoms with van der Waals surface area (Å²) in [7, 11) is 1.75. The topological polar surface area (TPSA) is 84.2 Å². The lowest BCUT2D eigenvalue weighted by Crippen LogP contribution is -2.25. The summed E-state index contributed by atoms with van der Waals surface area (Å²) in [6, 6.07) is 5.63. The predicted molar refractivity (Wildman–Crippen MR) is 76.7 cm³/mol. The number of nitrogen functional groups attached to an aromatic ring is 1. The fraction of sp³-hybridized carbons (Fsp3) is 0.286. The zero-order valence-electron chi connectivity index (χ0n) is 11.4. The molecule has 20 heavy (non-hydrogen) atoms. The van der Waals surface area contributed by atoms with Crippen LogP contribution in [0, 0.1) is 6.92 Å². The first-order chi connectivity index (χ1) is 9.58. The van der Waals surface area contributed by atoms with Gasteiger partial charge in [0.2, 0.25) is 5.91 Å². The molecule has 2 aromatic rings. The number of aromatic amines is 1. The molecule has 1 amide bonds. The number of nitrogens with zero attached hydrogens (tertiary/aromatic N) is 2. The van der Waals surface area contributed by atoms with Crippen molar-refractivity contribution in [2.75, 3.05) is 24.3 Å². The third-order valence-corrected chi connectivity index (χ3v) is 3.54. The summed E-state index contributed by atoms with van der Waals surface area (Å²) in [5.41, 5.74) is 9.73. The second-order valence-electron chi connectivity index (χ2n) is 4.84. The van der Waals surface area contributed by atoms with Crippen LogP contribution in [0.15, 0.2) is 18.2 Å².